The van der Waals surface area contributed by atoms with Gasteiger partial charge in [0.15, 0.2) is 6.54 Å². The quantitative estimate of drug-likeness (QED) is 0.809. The van der Waals surface area contributed by atoms with Crippen LogP contribution in [-0.4, -0.2) is 26.6 Å². The molecular formula is C18H22ClN2O2+. The Morgan fingerprint density at radius 1 is 1.09 bits per heavy atom. The minimum Gasteiger partial charge on any atom is -0.497 e. The molecule has 23 heavy (non-hydrogen) atoms. The largest absolute Gasteiger partial charge is 0.497 e. The number of benzene rings is 2. The normalized spacial score (nSPS) is 11.8. The lowest BCUT2D eigenvalue weighted by atomic mass is 10.2. The lowest BCUT2D eigenvalue weighted by molar-refractivity contribution is -0.885. The van der Waals surface area contributed by atoms with Gasteiger partial charge in [-0.2, -0.15) is 0 Å². The van der Waals surface area contributed by atoms with Crippen molar-refractivity contribution in [3.63, 3.8) is 0 Å². The maximum atomic E-state index is 12.0. The summed E-state index contributed by atoms with van der Waals surface area (Å²) in [5, 5.41) is 3.63. The second-order valence-corrected chi connectivity index (χ2v) is 6.00. The summed E-state index contributed by atoms with van der Waals surface area (Å²) >= 11 is 5.84. The first kappa shape index (κ1) is 17.3. The Labute approximate surface area is 142 Å². The molecule has 122 valence electrons. The Balaban J connectivity index is 1.76. The van der Waals surface area contributed by atoms with E-state index in [4.69, 9.17) is 16.3 Å². The zero-order valence-electron chi connectivity index (χ0n) is 13.4. The Kier molecular flexibility index (Phi) is 6.44. The van der Waals surface area contributed by atoms with Crippen LogP contribution in [-0.2, 0) is 17.9 Å². The SMILES string of the molecule is COc1ccc(C[NH+](C)CC(=O)NCc2ccc(Cl)cc2)cc1. The van der Waals surface area contributed by atoms with Gasteiger partial charge in [0.1, 0.15) is 12.3 Å². The summed E-state index contributed by atoms with van der Waals surface area (Å²) in [5.74, 6) is 0.873. The molecule has 0 bridgehead atoms. The number of carbonyl (C=O) groups is 1. The highest BCUT2D eigenvalue weighted by Gasteiger charge is 2.10. The third kappa shape index (κ3) is 5.93. The summed E-state index contributed by atoms with van der Waals surface area (Å²) < 4.78 is 5.14. The third-order valence-electron chi connectivity index (χ3n) is 3.53. The second kappa shape index (κ2) is 8.56. The topological polar surface area (TPSA) is 42.8 Å². The van der Waals surface area contributed by atoms with Gasteiger partial charge in [-0.3, -0.25) is 4.79 Å². The van der Waals surface area contributed by atoms with Gasteiger partial charge in [0.05, 0.1) is 14.2 Å². The van der Waals surface area contributed by atoms with Crippen LogP contribution in [0.2, 0.25) is 5.02 Å². The number of ether oxygens (including phenoxy) is 1. The van der Waals surface area contributed by atoms with Crippen molar-refractivity contribution in [2.24, 2.45) is 0 Å². The van der Waals surface area contributed by atoms with Crippen molar-refractivity contribution in [1.82, 2.24) is 5.32 Å². The van der Waals surface area contributed by atoms with Gasteiger partial charge in [-0.25, -0.2) is 0 Å². The number of carbonyl (C=O) groups excluding carboxylic acids is 1. The molecule has 0 fully saturated rings. The average molecular weight is 334 g/mol. The van der Waals surface area contributed by atoms with Gasteiger partial charge in [0.2, 0.25) is 0 Å². The van der Waals surface area contributed by atoms with Crippen molar-refractivity contribution >= 4 is 17.5 Å². The minimum atomic E-state index is 0.0333. The van der Waals surface area contributed by atoms with E-state index in [1.54, 1.807) is 7.11 Å². The van der Waals surface area contributed by atoms with Crippen LogP contribution in [0.1, 0.15) is 11.1 Å². The van der Waals surface area contributed by atoms with Gasteiger partial charge in [-0.05, 0) is 42.0 Å². The van der Waals surface area contributed by atoms with E-state index in [1.807, 2.05) is 55.6 Å². The summed E-state index contributed by atoms with van der Waals surface area (Å²) in [6.45, 7) is 1.74. The highest BCUT2D eigenvalue weighted by molar-refractivity contribution is 6.30. The molecule has 0 radical (unpaired) electrons. The number of quaternary nitrogens is 1. The molecule has 2 aromatic rings. The van der Waals surface area contributed by atoms with E-state index in [2.05, 4.69) is 5.32 Å². The summed E-state index contributed by atoms with van der Waals surface area (Å²) in [5.41, 5.74) is 2.21. The van der Waals surface area contributed by atoms with Gasteiger partial charge < -0.3 is 15.0 Å². The lowest BCUT2D eigenvalue weighted by Gasteiger charge is -2.14. The summed E-state index contributed by atoms with van der Waals surface area (Å²) in [4.78, 5) is 13.1. The van der Waals surface area contributed by atoms with Crippen LogP contribution in [0.15, 0.2) is 48.5 Å². The standard InChI is InChI=1S/C18H21ClN2O2/c1-21(12-15-5-9-17(23-2)10-6-15)13-18(22)20-11-14-3-7-16(19)8-4-14/h3-10H,11-13H2,1-2H3,(H,20,22)/p+1. The Morgan fingerprint density at radius 3 is 2.30 bits per heavy atom. The molecule has 0 spiro atoms. The maximum Gasteiger partial charge on any atom is 0.275 e. The van der Waals surface area contributed by atoms with Gasteiger partial charge in [0, 0.05) is 17.1 Å². The van der Waals surface area contributed by atoms with Gasteiger partial charge in [0.25, 0.3) is 5.91 Å². The summed E-state index contributed by atoms with van der Waals surface area (Å²) in [7, 11) is 3.66. The van der Waals surface area contributed by atoms with Crippen molar-refractivity contribution in [3.8, 4) is 5.75 Å². The smallest absolute Gasteiger partial charge is 0.275 e. The molecule has 0 aliphatic carbocycles. The molecule has 2 N–H and O–H groups in total. The molecular weight excluding hydrogens is 312 g/mol. The first-order valence-electron chi connectivity index (χ1n) is 7.52. The van der Waals surface area contributed by atoms with E-state index in [0.717, 1.165) is 22.8 Å². The molecule has 0 aliphatic rings. The van der Waals surface area contributed by atoms with Crippen LogP contribution < -0.4 is 15.0 Å². The van der Waals surface area contributed by atoms with Crippen molar-refractivity contribution in [1.29, 1.82) is 0 Å². The van der Waals surface area contributed by atoms with Gasteiger partial charge in [-0.15, -0.1) is 0 Å². The third-order valence-corrected chi connectivity index (χ3v) is 3.78. The van der Waals surface area contributed by atoms with Crippen LogP contribution in [0.5, 0.6) is 5.75 Å². The van der Waals surface area contributed by atoms with E-state index < -0.39 is 0 Å². The van der Waals surface area contributed by atoms with Crippen LogP contribution in [0.4, 0.5) is 0 Å². The average Bonchev–Trinajstić information content (AvgIpc) is 2.55. The molecule has 0 saturated carbocycles. The lowest BCUT2D eigenvalue weighted by Crippen LogP contribution is -3.08. The molecule has 1 amide bonds. The van der Waals surface area contributed by atoms with E-state index in [-0.39, 0.29) is 5.91 Å². The number of hydrogen-bond donors (Lipinski definition) is 2. The fourth-order valence-electron chi connectivity index (χ4n) is 2.29. The maximum absolute atomic E-state index is 12.0. The van der Waals surface area contributed by atoms with E-state index >= 15 is 0 Å². The van der Waals surface area contributed by atoms with Gasteiger partial charge in [-0.1, -0.05) is 23.7 Å². The number of rotatable bonds is 7. The molecule has 4 nitrogen and oxygen atoms in total. The molecule has 2 aromatic carbocycles. The molecule has 5 heteroatoms. The van der Waals surface area contributed by atoms with Crippen LogP contribution >= 0.6 is 11.6 Å². The van der Waals surface area contributed by atoms with Crippen molar-refractivity contribution in [2.45, 2.75) is 13.1 Å². The van der Waals surface area contributed by atoms with Crippen LogP contribution in [0.25, 0.3) is 0 Å². The Hall–Kier alpha value is -2.04. The second-order valence-electron chi connectivity index (χ2n) is 5.56. The van der Waals surface area contributed by atoms with Crippen LogP contribution in [0, 0.1) is 0 Å². The minimum absolute atomic E-state index is 0.0333. The number of amides is 1. The summed E-state index contributed by atoms with van der Waals surface area (Å²) in [6, 6.07) is 15.4. The molecule has 0 saturated heterocycles. The number of nitrogens with one attached hydrogen (secondary N) is 2. The first-order valence-corrected chi connectivity index (χ1v) is 7.90. The zero-order chi connectivity index (χ0) is 16.7. The number of hydrogen-bond acceptors (Lipinski definition) is 2. The Bertz CT molecular complexity index is 626. The van der Waals surface area contributed by atoms with E-state index in [1.165, 1.54) is 5.56 Å². The zero-order valence-corrected chi connectivity index (χ0v) is 14.2. The van der Waals surface area contributed by atoms with Crippen molar-refractivity contribution in [2.75, 3.05) is 20.7 Å². The molecule has 2 rings (SSSR count). The fourth-order valence-corrected chi connectivity index (χ4v) is 2.42. The molecule has 0 heterocycles. The van der Waals surface area contributed by atoms with E-state index in [0.29, 0.717) is 18.1 Å². The number of methoxy groups -OCH3 is 1. The monoisotopic (exact) mass is 333 g/mol. The van der Waals surface area contributed by atoms with Crippen molar-refractivity contribution < 1.29 is 14.4 Å². The molecule has 0 aromatic heterocycles. The number of likely N-dealkylation sites (N-methyl/N-ethyl adjacent to an activating group) is 1. The first-order chi connectivity index (χ1) is 11.1. The Morgan fingerprint density at radius 2 is 1.70 bits per heavy atom. The van der Waals surface area contributed by atoms with Crippen LogP contribution in [0.3, 0.4) is 0 Å². The summed E-state index contributed by atoms with van der Waals surface area (Å²) in [6.07, 6.45) is 0. The fraction of sp³-hybridized carbons (Fsp3) is 0.278. The molecule has 0 aliphatic heterocycles. The van der Waals surface area contributed by atoms with Gasteiger partial charge >= 0.3 is 0 Å². The van der Waals surface area contributed by atoms with E-state index in [9.17, 15) is 4.79 Å². The highest BCUT2D eigenvalue weighted by atomic mass is 35.5. The molecule has 1 atom stereocenters. The highest BCUT2D eigenvalue weighted by Crippen LogP contribution is 2.10. The predicted octanol–water partition coefficient (Wildman–Crippen LogP) is 1.68. The number of halogens is 1. The molecule has 1 unspecified atom stereocenters. The van der Waals surface area contributed by atoms with Crippen molar-refractivity contribution in [3.05, 3.63) is 64.7 Å². The predicted molar refractivity (Wildman–Crippen MR) is 91.8 cm³/mol.